The van der Waals surface area contributed by atoms with Crippen molar-refractivity contribution in [3.63, 3.8) is 0 Å². The molecule has 1 aliphatic carbocycles. The van der Waals surface area contributed by atoms with Gasteiger partial charge in [-0.2, -0.15) is 0 Å². The van der Waals surface area contributed by atoms with E-state index in [2.05, 4.69) is 19.9 Å². The van der Waals surface area contributed by atoms with Gasteiger partial charge in [-0.1, -0.05) is 38.5 Å². The Bertz CT molecular complexity index is 711. The van der Waals surface area contributed by atoms with Crippen molar-refractivity contribution < 1.29 is 9.53 Å². The van der Waals surface area contributed by atoms with Crippen molar-refractivity contribution in [2.24, 2.45) is 5.92 Å². The molecule has 0 fully saturated rings. The molecule has 120 valence electrons. The SMILES string of the molecule is CCC1CC(C)c2nc(-c3ccccc3OC)ccc2C1C=O. The first-order chi connectivity index (χ1) is 11.2. The molecule has 1 aromatic heterocycles. The topological polar surface area (TPSA) is 39.2 Å². The summed E-state index contributed by atoms with van der Waals surface area (Å²) in [6, 6.07) is 12.0. The van der Waals surface area contributed by atoms with Gasteiger partial charge in [0, 0.05) is 17.2 Å². The first-order valence-corrected chi connectivity index (χ1v) is 8.29. The molecule has 0 aliphatic heterocycles. The third-order valence-corrected chi connectivity index (χ3v) is 5.00. The summed E-state index contributed by atoms with van der Waals surface area (Å²) in [7, 11) is 1.67. The number of methoxy groups -OCH3 is 1. The average molecular weight is 309 g/mol. The second kappa shape index (κ2) is 6.53. The number of carbonyl (C=O) groups excluding carboxylic acids is 1. The van der Waals surface area contributed by atoms with Crippen LogP contribution in [-0.4, -0.2) is 18.4 Å². The fourth-order valence-electron chi connectivity index (χ4n) is 3.74. The van der Waals surface area contributed by atoms with Crippen LogP contribution in [0.5, 0.6) is 5.75 Å². The van der Waals surface area contributed by atoms with E-state index in [0.717, 1.165) is 47.4 Å². The number of ether oxygens (including phenoxy) is 1. The maximum atomic E-state index is 11.6. The Morgan fingerprint density at radius 3 is 2.74 bits per heavy atom. The Kier molecular flexibility index (Phi) is 4.46. The zero-order chi connectivity index (χ0) is 16.4. The third-order valence-electron chi connectivity index (χ3n) is 5.00. The first kappa shape index (κ1) is 15.7. The number of fused-ring (bicyclic) bond motifs is 1. The number of benzene rings is 1. The fraction of sp³-hybridized carbons (Fsp3) is 0.400. The number of carbonyl (C=O) groups is 1. The minimum absolute atomic E-state index is 0.0228. The lowest BCUT2D eigenvalue weighted by atomic mass is 9.72. The molecule has 0 saturated heterocycles. The van der Waals surface area contributed by atoms with Crippen molar-refractivity contribution in [1.29, 1.82) is 0 Å². The highest BCUT2D eigenvalue weighted by Gasteiger charge is 2.33. The molecule has 1 heterocycles. The van der Waals surface area contributed by atoms with Crippen LogP contribution in [0.1, 0.15) is 49.8 Å². The highest BCUT2D eigenvalue weighted by Crippen LogP contribution is 2.43. The van der Waals surface area contributed by atoms with Gasteiger partial charge in [-0.25, -0.2) is 0 Å². The molecule has 1 aliphatic rings. The molecule has 3 heteroatoms. The van der Waals surface area contributed by atoms with Crippen LogP contribution in [-0.2, 0) is 4.79 Å². The maximum Gasteiger partial charge on any atom is 0.128 e. The minimum atomic E-state index is -0.0228. The quantitative estimate of drug-likeness (QED) is 0.776. The molecule has 3 atom stereocenters. The minimum Gasteiger partial charge on any atom is -0.496 e. The molecule has 0 radical (unpaired) electrons. The van der Waals surface area contributed by atoms with Gasteiger partial charge in [0.15, 0.2) is 0 Å². The number of pyridine rings is 1. The van der Waals surface area contributed by atoms with Crippen LogP contribution in [0.15, 0.2) is 36.4 Å². The molecule has 3 rings (SSSR count). The maximum absolute atomic E-state index is 11.6. The Labute approximate surface area is 137 Å². The van der Waals surface area contributed by atoms with E-state index in [-0.39, 0.29) is 5.92 Å². The summed E-state index contributed by atoms with van der Waals surface area (Å²) in [5.41, 5.74) is 4.07. The van der Waals surface area contributed by atoms with Gasteiger partial charge in [0.1, 0.15) is 12.0 Å². The summed E-state index contributed by atoms with van der Waals surface area (Å²) < 4.78 is 5.45. The molecule has 23 heavy (non-hydrogen) atoms. The smallest absolute Gasteiger partial charge is 0.128 e. The van der Waals surface area contributed by atoms with Crippen LogP contribution in [0.3, 0.4) is 0 Å². The lowest BCUT2D eigenvalue weighted by Crippen LogP contribution is -2.24. The van der Waals surface area contributed by atoms with Gasteiger partial charge in [-0.15, -0.1) is 0 Å². The molecule has 0 spiro atoms. The predicted molar refractivity (Wildman–Crippen MR) is 91.8 cm³/mol. The monoisotopic (exact) mass is 309 g/mol. The fourth-order valence-corrected chi connectivity index (χ4v) is 3.74. The summed E-state index contributed by atoms with van der Waals surface area (Å²) in [4.78, 5) is 16.5. The number of rotatable bonds is 4. The summed E-state index contributed by atoms with van der Waals surface area (Å²) in [6.45, 7) is 4.37. The summed E-state index contributed by atoms with van der Waals surface area (Å²) in [5, 5.41) is 0. The van der Waals surface area contributed by atoms with Gasteiger partial charge in [0.05, 0.1) is 12.8 Å². The zero-order valence-corrected chi connectivity index (χ0v) is 14.0. The van der Waals surface area contributed by atoms with Crippen LogP contribution < -0.4 is 4.74 Å². The largest absolute Gasteiger partial charge is 0.496 e. The van der Waals surface area contributed by atoms with Gasteiger partial charge in [0.25, 0.3) is 0 Å². The van der Waals surface area contributed by atoms with Gasteiger partial charge < -0.3 is 9.53 Å². The second-order valence-corrected chi connectivity index (χ2v) is 6.34. The number of nitrogens with zero attached hydrogens (tertiary/aromatic N) is 1. The lowest BCUT2D eigenvalue weighted by molar-refractivity contribution is -0.110. The summed E-state index contributed by atoms with van der Waals surface area (Å²) >= 11 is 0. The number of aldehydes is 1. The van der Waals surface area contributed by atoms with E-state index in [9.17, 15) is 4.79 Å². The number of aromatic nitrogens is 1. The molecular formula is C20H23NO2. The highest BCUT2D eigenvalue weighted by molar-refractivity contribution is 5.70. The standard InChI is InChI=1S/C20H23NO2/c1-4-14-11-13(2)20-15(17(14)12-22)9-10-18(21-20)16-7-5-6-8-19(16)23-3/h5-10,12-14,17H,4,11H2,1-3H3. The van der Waals surface area contributed by atoms with Crippen LogP contribution in [0, 0.1) is 5.92 Å². The van der Waals surface area contributed by atoms with Crippen molar-refractivity contribution >= 4 is 6.29 Å². The van der Waals surface area contributed by atoms with Gasteiger partial charge in [0.2, 0.25) is 0 Å². The van der Waals surface area contributed by atoms with Crippen LogP contribution in [0.4, 0.5) is 0 Å². The lowest BCUT2D eigenvalue weighted by Gasteiger charge is -2.33. The van der Waals surface area contributed by atoms with E-state index in [1.165, 1.54) is 0 Å². The first-order valence-electron chi connectivity index (χ1n) is 8.29. The Morgan fingerprint density at radius 1 is 1.26 bits per heavy atom. The van der Waals surface area contributed by atoms with E-state index in [1.54, 1.807) is 7.11 Å². The summed E-state index contributed by atoms with van der Waals surface area (Å²) in [6.07, 6.45) is 3.15. The molecule has 0 N–H and O–H groups in total. The van der Waals surface area contributed by atoms with Gasteiger partial charge >= 0.3 is 0 Å². The van der Waals surface area contributed by atoms with Crippen molar-refractivity contribution in [2.45, 2.75) is 38.5 Å². The number of para-hydroxylation sites is 1. The Morgan fingerprint density at radius 2 is 2.04 bits per heavy atom. The van der Waals surface area contributed by atoms with Crippen LogP contribution >= 0.6 is 0 Å². The van der Waals surface area contributed by atoms with Gasteiger partial charge in [-0.3, -0.25) is 4.98 Å². The van der Waals surface area contributed by atoms with Crippen molar-refractivity contribution in [3.05, 3.63) is 47.7 Å². The number of hydrogen-bond acceptors (Lipinski definition) is 3. The van der Waals surface area contributed by atoms with Crippen LogP contribution in [0.2, 0.25) is 0 Å². The van der Waals surface area contributed by atoms with Crippen molar-refractivity contribution in [2.75, 3.05) is 7.11 Å². The molecule has 3 nitrogen and oxygen atoms in total. The molecule has 3 unspecified atom stereocenters. The highest BCUT2D eigenvalue weighted by atomic mass is 16.5. The Balaban J connectivity index is 2.09. The normalized spacial score (nSPS) is 23.2. The molecular weight excluding hydrogens is 286 g/mol. The van der Waals surface area contributed by atoms with Crippen molar-refractivity contribution in [1.82, 2.24) is 4.98 Å². The molecule has 0 saturated carbocycles. The number of hydrogen-bond donors (Lipinski definition) is 0. The van der Waals surface area contributed by atoms with E-state index in [4.69, 9.17) is 9.72 Å². The van der Waals surface area contributed by atoms with E-state index < -0.39 is 0 Å². The second-order valence-electron chi connectivity index (χ2n) is 6.34. The van der Waals surface area contributed by atoms with E-state index >= 15 is 0 Å². The van der Waals surface area contributed by atoms with Crippen LogP contribution in [0.25, 0.3) is 11.3 Å². The molecule has 0 amide bonds. The van der Waals surface area contributed by atoms with E-state index in [1.807, 2.05) is 30.3 Å². The van der Waals surface area contributed by atoms with Gasteiger partial charge in [-0.05, 0) is 42.0 Å². The molecule has 2 aromatic rings. The Hall–Kier alpha value is -2.16. The van der Waals surface area contributed by atoms with E-state index in [0.29, 0.717) is 11.8 Å². The average Bonchev–Trinajstić information content (AvgIpc) is 2.61. The zero-order valence-electron chi connectivity index (χ0n) is 14.0. The third kappa shape index (κ3) is 2.76. The van der Waals surface area contributed by atoms with Crippen molar-refractivity contribution in [3.8, 4) is 17.0 Å². The predicted octanol–water partition coefficient (Wildman–Crippen LogP) is 4.57. The molecule has 1 aromatic carbocycles. The summed E-state index contributed by atoms with van der Waals surface area (Å²) in [5.74, 6) is 1.60. The molecule has 0 bridgehead atoms.